The van der Waals surface area contributed by atoms with Crippen LogP contribution in [0, 0.1) is 5.82 Å². The van der Waals surface area contributed by atoms with Crippen molar-refractivity contribution < 1.29 is 14.0 Å². The van der Waals surface area contributed by atoms with Crippen LogP contribution in [0.5, 0.6) is 0 Å². The van der Waals surface area contributed by atoms with Crippen LogP contribution < -0.4 is 4.90 Å². The van der Waals surface area contributed by atoms with Gasteiger partial charge in [-0.25, -0.2) is 4.39 Å². The molecule has 1 aliphatic rings. The Morgan fingerprint density at radius 1 is 0.871 bits per heavy atom. The van der Waals surface area contributed by atoms with Gasteiger partial charge in [0.15, 0.2) is 0 Å². The highest BCUT2D eigenvalue weighted by molar-refractivity contribution is 6.36. The highest BCUT2D eigenvalue weighted by atomic mass is 35.5. The van der Waals surface area contributed by atoms with Crippen LogP contribution in [0.2, 0.25) is 5.02 Å². The number of carbonyl (C=O) groups excluding carboxylic acids is 2. The lowest BCUT2D eigenvalue weighted by atomic mass is 10.0. The molecule has 0 unspecified atom stereocenters. The van der Waals surface area contributed by atoms with E-state index in [4.69, 9.17) is 11.6 Å². The summed E-state index contributed by atoms with van der Waals surface area (Å²) in [4.78, 5) is 29.7. The van der Waals surface area contributed by atoms with Crippen molar-refractivity contribution in [2.24, 2.45) is 0 Å². The number of nitrogens with zero attached hydrogens (tertiary/aromatic N) is 2. The first-order valence-electron chi connectivity index (χ1n) is 9.85. The SMILES string of the molecule is CN(C1=C(c2ccc(F)cc2)C(=O)N(CCc2ccc(Cl)cc2)C1=O)c1ccccc1. The molecule has 0 aromatic heterocycles. The molecule has 0 atom stereocenters. The molecule has 0 N–H and O–H groups in total. The summed E-state index contributed by atoms with van der Waals surface area (Å²) >= 11 is 5.94. The van der Waals surface area contributed by atoms with Crippen molar-refractivity contribution in [1.29, 1.82) is 0 Å². The van der Waals surface area contributed by atoms with E-state index in [9.17, 15) is 14.0 Å². The average Bonchev–Trinajstić information content (AvgIpc) is 3.03. The second-order valence-electron chi connectivity index (χ2n) is 7.26. The van der Waals surface area contributed by atoms with Crippen LogP contribution in [0.15, 0.2) is 84.6 Å². The zero-order valence-electron chi connectivity index (χ0n) is 16.9. The van der Waals surface area contributed by atoms with Crippen LogP contribution in [0.1, 0.15) is 11.1 Å². The maximum atomic E-state index is 13.5. The Morgan fingerprint density at radius 3 is 2.16 bits per heavy atom. The summed E-state index contributed by atoms with van der Waals surface area (Å²) in [6, 6.07) is 22.3. The van der Waals surface area contributed by atoms with E-state index >= 15 is 0 Å². The topological polar surface area (TPSA) is 40.6 Å². The molecule has 156 valence electrons. The van der Waals surface area contributed by atoms with Crippen molar-refractivity contribution in [3.63, 3.8) is 0 Å². The number of rotatable bonds is 6. The Morgan fingerprint density at radius 2 is 1.52 bits per heavy atom. The van der Waals surface area contributed by atoms with Gasteiger partial charge in [-0.05, 0) is 53.9 Å². The van der Waals surface area contributed by atoms with Gasteiger partial charge in [-0.2, -0.15) is 0 Å². The molecule has 3 aromatic carbocycles. The van der Waals surface area contributed by atoms with Gasteiger partial charge in [0.1, 0.15) is 11.5 Å². The molecule has 1 heterocycles. The van der Waals surface area contributed by atoms with Gasteiger partial charge in [-0.15, -0.1) is 0 Å². The molecule has 1 aliphatic heterocycles. The summed E-state index contributed by atoms with van der Waals surface area (Å²) in [6.07, 6.45) is 0.508. The number of para-hydroxylation sites is 1. The number of hydrogen-bond donors (Lipinski definition) is 0. The van der Waals surface area contributed by atoms with Gasteiger partial charge in [-0.3, -0.25) is 14.5 Å². The smallest absolute Gasteiger partial charge is 0.278 e. The van der Waals surface area contributed by atoms with E-state index in [0.29, 0.717) is 17.0 Å². The van der Waals surface area contributed by atoms with Crippen molar-refractivity contribution in [1.82, 2.24) is 4.90 Å². The van der Waals surface area contributed by atoms with Crippen LogP contribution in [0.25, 0.3) is 5.57 Å². The molecule has 31 heavy (non-hydrogen) atoms. The van der Waals surface area contributed by atoms with E-state index in [0.717, 1.165) is 11.3 Å². The van der Waals surface area contributed by atoms with Crippen LogP contribution in [0.4, 0.5) is 10.1 Å². The van der Waals surface area contributed by atoms with Gasteiger partial charge in [0.05, 0.1) is 5.57 Å². The highest BCUT2D eigenvalue weighted by Gasteiger charge is 2.40. The number of benzene rings is 3. The second-order valence-corrected chi connectivity index (χ2v) is 7.70. The fourth-order valence-corrected chi connectivity index (χ4v) is 3.75. The van der Waals surface area contributed by atoms with Crippen LogP contribution in [-0.4, -0.2) is 30.3 Å². The molecule has 2 amide bonds. The molecular formula is C25H20ClFN2O2. The number of hydrogen-bond acceptors (Lipinski definition) is 3. The first-order chi connectivity index (χ1) is 15.0. The summed E-state index contributed by atoms with van der Waals surface area (Å²) in [5, 5.41) is 0.629. The van der Waals surface area contributed by atoms with Crippen molar-refractivity contribution >= 4 is 34.7 Å². The van der Waals surface area contributed by atoms with Crippen molar-refractivity contribution in [2.75, 3.05) is 18.5 Å². The molecule has 0 saturated heterocycles. The normalized spacial score (nSPS) is 13.8. The average molecular weight is 435 g/mol. The fourth-order valence-electron chi connectivity index (χ4n) is 3.63. The lowest BCUT2D eigenvalue weighted by molar-refractivity contribution is -0.136. The zero-order valence-corrected chi connectivity index (χ0v) is 17.6. The van der Waals surface area contributed by atoms with Gasteiger partial charge < -0.3 is 4.90 Å². The third-order valence-corrected chi connectivity index (χ3v) is 5.54. The monoisotopic (exact) mass is 434 g/mol. The van der Waals surface area contributed by atoms with Crippen LogP contribution in [-0.2, 0) is 16.0 Å². The Labute approximate surface area is 185 Å². The Balaban J connectivity index is 1.69. The molecule has 0 radical (unpaired) electrons. The predicted molar refractivity (Wildman–Crippen MR) is 120 cm³/mol. The summed E-state index contributed by atoms with van der Waals surface area (Å²) in [5.41, 5.74) is 2.80. The van der Waals surface area contributed by atoms with Crippen molar-refractivity contribution in [2.45, 2.75) is 6.42 Å². The minimum Gasteiger partial charge on any atom is -0.339 e. The van der Waals surface area contributed by atoms with Crippen LogP contribution >= 0.6 is 11.6 Å². The summed E-state index contributed by atoms with van der Waals surface area (Å²) in [6.45, 7) is 0.232. The molecule has 4 nitrogen and oxygen atoms in total. The highest BCUT2D eigenvalue weighted by Crippen LogP contribution is 2.33. The van der Waals surface area contributed by atoms with Gasteiger partial charge in [0.25, 0.3) is 11.8 Å². The fraction of sp³-hybridized carbons (Fsp3) is 0.120. The van der Waals surface area contributed by atoms with E-state index in [1.54, 1.807) is 24.1 Å². The molecule has 3 aromatic rings. The molecule has 0 aliphatic carbocycles. The minimum atomic E-state index is -0.404. The summed E-state index contributed by atoms with van der Waals surface area (Å²) < 4.78 is 13.5. The van der Waals surface area contributed by atoms with E-state index in [1.165, 1.54) is 29.2 Å². The Hall–Kier alpha value is -3.44. The second kappa shape index (κ2) is 8.74. The molecular weight excluding hydrogens is 415 g/mol. The predicted octanol–water partition coefficient (Wildman–Crippen LogP) is 4.94. The number of anilines is 1. The largest absolute Gasteiger partial charge is 0.339 e. The summed E-state index contributed by atoms with van der Waals surface area (Å²) in [7, 11) is 1.75. The van der Waals surface area contributed by atoms with E-state index < -0.39 is 5.82 Å². The third-order valence-electron chi connectivity index (χ3n) is 5.29. The van der Waals surface area contributed by atoms with E-state index in [-0.39, 0.29) is 29.6 Å². The van der Waals surface area contributed by atoms with Gasteiger partial charge in [0.2, 0.25) is 0 Å². The summed E-state index contributed by atoms with van der Waals surface area (Å²) in [5.74, 6) is -1.16. The molecule has 4 rings (SSSR count). The maximum absolute atomic E-state index is 13.5. The molecule has 0 fully saturated rings. The molecule has 0 bridgehead atoms. The lowest BCUT2D eigenvalue weighted by Crippen LogP contribution is -2.35. The lowest BCUT2D eigenvalue weighted by Gasteiger charge is -2.21. The molecule has 0 spiro atoms. The maximum Gasteiger partial charge on any atom is 0.278 e. The van der Waals surface area contributed by atoms with E-state index in [1.807, 2.05) is 42.5 Å². The number of carbonyl (C=O) groups is 2. The Kier molecular flexibility index (Phi) is 5.87. The molecule has 6 heteroatoms. The number of likely N-dealkylation sites (N-methyl/N-ethyl adjacent to an activating group) is 1. The zero-order chi connectivity index (χ0) is 22.0. The third kappa shape index (κ3) is 4.23. The van der Waals surface area contributed by atoms with Gasteiger partial charge >= 0.3 is 0 Å². The molecule has 0 saturated carbocycles. The van der Waals surface area contributed by atoms with Gasteiger partial charge in [0, 0.05) is 24.3 Å². The van der Waals surface area contributed by atoms with Crippen molar-refractivity contribution in [3.05, 3.63) is 107 Å². The standard InChI is InChI=1S/C25H20ClFN2O2/c1-28(21-5-3-2-4-6-21)23-22(18-9-13-20(27)14-10-18)24(30)29(25(23)31)16-15-17-7-11-19(26)12-8-17/h2-14H,15-16H2,1H3. The quantitative estimate of drug-likeness (QED) is 0.516. The van der Waals surface area contributed by atoms with Gasteiger partial charge in [-0.1, -0.05) is 54.1 Å². The van der Waals surface area contributed by atoms with Crippen molar-refractivity contribution in [3.8, 4) is 0 Å². The van der Waals surface area contributed by atoms with E-state index in [2.05, 4.69) is 0 Å². The number of amides is 2. The number of imide groups is 1. The first-order valence-corrected chi connectivity index (χ1v) is 10.2. The minimum absolute atomic E-state index is 0.232. The van der Waals surface area contributed by atoms with Crippen LogP contribution in [0.3, 0.4) is 0 Å². The Bertz CT molecular complexity index is 1140. The number of halogens is 2. The first kappa shape index (κ1) is 20.8.